The molecule has 3 aromatic carbocycles. The largest absolute Gasteiger partial charge is 0.509 e. The van der Waals surface area contributed by atoms with Crippen LogP contribution in [0.5, 0.6) is 11.5 Å². The maximum Gasteiger partial charge on any atom is 0.415 e. The highest BCUT2D eigenvalue weighted by atomic mass is 32.2. The number of hydrogen-bond donors (Lipinski definition) is 1. The number of aliphatic hydroxyl groups is 1. The molecule has 1 aliphatic heterocycles. The topological polar surface area (TPSA) is 110 Å². The maximum absolute atomic E-state index is 13.7. The third-order valence-corrected chi connectivity index (χ3v) is 9.06. The second-order valence-electron chi connectivity index (χ2n) is 11.8. The lowest BCUT2D eigenvalue weighted by Gasteiger charge is -2.27. The van der Waals surface area contributed by atoms with Crippen molar-refractivity contribution in [2.75, 3.05) is 19.3 Å². The van der Waals surface area contributed by atoms with Gasteiger partial charge in [0.15, 0.2) is 21.2 Å². The van der Waals surface area contributed by atoms with Gasteiger partial charge in [-0.3, -0.25) is 4.79 Å². The number of ketones is 1. The Morgan fingerprint density at radius 1 is 1.00 bits per heavy atom. The van der Waals surface area contributed by atoms with Crippen LogP contribution < -0.4 is 9.47 Å². The molecule has 1 aliphatic rings. The minimum atomic E-state index is -3.40. The monoisotopic (exact) mass is 605 g/mol. The van der Waals surface area contributed by atoms with E-state index in [1.54, 1.807) is 43.0 Å². The molecule has 1 N–H and O–H groups in total. The van der Waals surface area contributed by atoms with Crippen LogP contribution in [0.2, 0.25) is 0 Å². The van der Waals surface area contributed by atoms with Crippen molar-refractivity contribution in [3.05, 3.63) is 101 Å². The van der Waals surface area contributed by atoms with Crippen molar-refractivity contribution in [2.45, 2.75) is 51.0 Å². The highest BCUT2D eigenvalue weighted by Crippen LogP contribution is 2.34. The summed E-state index contributed by atoms with van der Waals surface area (Å²) >= 11 is 0. The number of aryl methyl sites for hydroxylation is 3. The van der Waals surface area contributed by atoms with E-state index in [-0.39, 0.29) is 28.9 Å². The molecule has 8 nitrogen and oxygen atoms in total. The van der Waals surface area contributed by atoms with Crippen LogP contribution in [0.25, 0.3) is 0 Å². The van der Waals surface area contributed by atoms with Gasteiger partial charge >= 0.3 is 6.09 Å². The maximum atomic E-state index is 13.7. The molecule has 3 aromatic rings. The zero-order valence-corrected chi connectivity index (χ0v) is 26.1. The lowest BCUT2D eigenvalue weighted by atomic mass is 9.84. The number of likely N-dealkylation sites (tertiary alicyclic amines) is 1. The van der Waals surface area contributed by atoms with Gasteiger partial charge in [0, 0.05) is 30.8 Å². The number of Topliss-reactive ketones (excluding diaryl/α,β-unsaturated/α-hetero) is 1. The zero-order chi connectivity index (χ0) is 31.5. The van der Waals surface area contributed by atoms with Crippen molar-refractivity contribution < 1.29 is 32.6 Å². The molecule has 4 rings (SSSR count). The third-order valence-electron chi connectivity index (χ3n) is 7.93. The molecule has 1 heterocycles. The fourth-order valence-corrected chi connectivity index (χ4v) is 5.99. The first-order valence-corrected chi connectivity index (χ1v) is 16.1. The predicted octanol–water partition coefficient (Wildman–Crippen LogP) is 6.50. The Kier molecular flexibility index (Phi) is 9.35. The van der Waals surface area contributed by atoms with E-state index < -0.39 is 27.4 Å². The van der Waals surface area contributed by atoms with Crippen molar-refractivity contribution >= 4 is 21.7 Å². The Balaban J connectivity index is 1.54. The van der Waals surface area contributed by atoms with Crippen LogP contribution in [-0.4, -0.2) is 55.2 Å². The number of hydrogen-bond acceptors (Lipinski definition) is 7. The number of nitrogens with zero attached hydrogens (tertiary/aromatic N) is 1. The number of sulfone groups is 1. The third kappa shape index (κ3) is 7.65. The highest BCUT2D eigenvalue weighted by Gasteiger charge is 2.40. The molecule has 43 heavy (non-hydrogen) atoms. The Morgan fingerprint density at radius 3 is 2.16 bits per heavy atom. The lowest BCUT2D eigenvalue weighted by molar-refractivity contribution is 0.0895. The minimum absolute atomic E-state index is 0.0615. The van der Waals surface area contributed by atoms with Gasteiger partial charge in [0.1, 0.15) is 17.3 Å². The fourth-order valence-electron chi connectivity index (χ4n) is 5.36. The second kappa shape index (κ2) is 12.6. The number of rotatable bonds is 10. The summed E-state index contributed by atoms with van der Waals surface area (Å²) < 4.78 is 35.5. The van der Waals surface area contributed by atoms with E-state index in [9.17, 15) is 23.1 Å². The molecule has 2 atom stereocenters. The summed E-state index contributed by atoms with van der Waals surface area (Å²) in [5, 5.41) is 9.92. The lowest BCUT2D eigenvalue weighted by Crippen LogP contribution is -2.32. The van der Waals surface area contributed by atoms with Gasteiger partial charge in [-0.2, -0.15) is 0 Å². The van der Waals surface area contributed by atoms with E-state index in [1.807, 2.05) is 32.0 Å². The summed E-state index contributed by atoms with van der Waals surface area (Å²) in [4.78, 5) is 28.5. The number of ether oxygens (including phenoxy) is 2. The van der Waals surface area contributed by atoms with Crippen molar-refractivity contribution in [3.63, 3.8) is 0 Å². The van der Waals surface area contributed by atoms with Gasteiger partial charge in [0.2, 0.25) is 0 Å². The van der Waals surface area contributed by atoms with Crippen molar-refractivity contribution in [1.29, 1.82) is 0 Å². The standard InChI is InChI=1S/C34H39NO7S/c1-22-18-25(19-23(2)32(22)42-34(4,5)24(3)36)12-13-27-20-35(33(38)41-28-10-8-7-9-11-28)21-30(27)31(37)26-14-16-29(17-15-26)43(6,39)40/h7-11,14-19,27,30,36H,3,12-13,20-21H2,1-2,4-6H3/t27-,30-/m0/s1. The van der Waals surface area contributed by atoms with Gasteiger partial charge in [-0.1, -0.05) is 49.0 Å². The van der Waals surface area contributed by atoms with Crippen molar-refractivity contribution in [2.24, 2.45) is 11.8 Å². The molecule has 1 fully saturated rings. The van der Waals surface area contributed by atoms with Gasteiger partial charge < -0.3 is 19.5 Å². The molecule has 0 unspecified atom stereocenters. The number of aliphatic hydroxyl groups excluding tert-OH is 1. The molecular formula is C34H39NO7S. The second-order valence-corrected chi connectivity index (χ2v) is 13.8. The molecular weight excluding hydrogens is 566 g/mol. The minimum Gasteiger partial charge on any atom is -0.509 e. The van der Waals surface area contributed by atoms with Crippen LogP contribution in [-0.2, 0) is 16.3 Å². The number of carbonyl (C=O) groups is 2. The van der Waals surface area contributed by atoms with Crippen LogP contribution in [0.4, 0.5) is 4.79 Å². The summed E-state index contributed by atoms with van der Waals surface area (Å²) in [6.07, 6.45) is 1.92. The molecule has 0 aromatic heterocycles. The van der Waals surface area contributed by atoms with Crippen LogP contribution in [0.3, 0.4) is 0 Å². The predicted molar refractivity (Wildman–Crippen MR) is 166 cm³/mol. The van der Waals surface area contributed by atoms with Crippen LogP contribution >= 0.6 is 0 Å². The van der Waals surface area contributed by atoms with Crippen LogP contribution in [0.1, 0.15) is 47.3 Å². The summed E-state index contributed by atoms with van der Waals surface area (Å²) in [7, 11) is -3.40. The normalized spacial score (nSPS) is 17.0. The summed E-state index contributed by atoms with van der Waals surface area (Å²) in [5.41, 5.74) is 2.37. The molecule has 9 heteroatoms. The van der Waals surface area contributed by atoms with Gasteiger partial charge in [0.05, 0.1) is 4.90 Å². The first-order chi connectivity index (χ1) is 20.2. The molecule has 0 aliphatic carbocycles. The molecule has 0 spiro atoms. The molecule has 1 amide bonds. The van der Waals surface area contributed by atoms with E-state index in [4.69, 9.17) is 9.47 Å². The molecule has 0 radical (unpaired) electrons. The van der Waals surface area contributed by atoms with E-state index in [1.165, 1.54) is 24.3 Å². The average molecular weight is 606 g/mol. The first kappa shape index (κ1) is 31.8. The summed E-state index contributed by atoms with van der Waals surface area (Å²) in [5.74, 6) is 0.296. The molecule has 0 saturated carbocycles. The van der Waals surface area contributed by atoms with Crippen molar-refractivity contribution in [1.82, 2.24) is 4.90 Å². The average Bonchev–Trinajstić information content (AvgIpc) is 3.38. The van der Waals surface area contributed by atoms with Gasteiger partial charge in [-0.15, -0.1) is 0 Å². The van der Waals surface area contributed by atoms with Crippen LogP contribution in [0.15, 0.2) is 84.0 Å². The SMILES string of the molecule is C=C(O)C(C)(C)Oc1c(C)cc(CC[C@H]2CN(C(=O)Oc3ccccc3)C[C@@H]2C(=O)c2ccc(S(C)(=O)=O)cc2)cc1C. The molecule has 1 saturated heterocycles. The Morgan fingerprint density at radius 2 is 1.60 bits per heavy atom. The smallest absolute Gasteiger partial charge is 0.415 e. The number of carbonyl (C=O) groups excluding carboxylic acids is 2. The summed E-state index contributed by atoms with van der Waals surface area (Å²) in [6, 6.07) is 18.8. The van der Waals surface area contributed by atoms with Crippen LogP contribution in [0, 0.1) is 25.7 Å². The van der Waals surface area contributed by atoms with E-state index in [0.29, 0.717) is 36.4 Å². The van der Waals surface area contributed by atoms with E-state index >= 15 is 0 Å². The number of para-hydroxylation sites is 1. The molecule has 0 bridgehead atoms. The number of amides is 1. The number of benzene rings is 3. The molecule has 228 valence electrons. The van der Waals surface area contributed by atoms with Gasteiger partial charge in [0.25, 0.3) is 0 Å². The quantitative estimate of drug-likeness (QED) is 0.208. The van der Waals surface area contributed by atoms with E-state index in [2.05, 4.69) is 6.58 Å². The highest BCUT2D eigenvalue weighted by molar-refractivity contribution is 7.90. The van der Waals surface area contributed by atoms with Gasteiger partial charge in [-0.25, -0.2) is 13.2 Å². The Labute approximate surface area is 253 Å². The Bertz CT molecular complexity index is 1590. The Hall–Kier alpha value is -4.11. The fraction of sp³-hybridized carbons (Fsp3) is 0.353. The van der Waals surface area contributed by atoms with Crippen molar-refractivity contribution in [3.8, 4) is 11.5 Å². The summed E-state index contributed by atoms with van der Waals surface area (Å²) in [6.45, 7) is 11.6. The first-order valence-electron chi connectivity index (χ1n) is 14.2. The van der Waals surface area contributed by atoms with E-state index in [0.717, 1.165) is 22.9 Å². The van der Waals surface area contributed by atoms with Gasteiger partial charge in [-0.05, 0) is 87.4 Å². The zero-order valence-electron chi connectivity index (χ0n) is 25.3.